The third-order valence-corrected chi connectivity index (χ3v) is 10.4. The summed E-state index contributed by atoms with van der Waals surface area (Å²) in [6, 6.07) is 22.7. The summed E-state index contributed by atoms with van der Waals surface area (Å²) < 4.78 is 10.9. The molecule has 314 valence electrons. The Morgan fingerprint density at radius 3 is 1.93 bits per heavy atom. The van der Waals surface area contributed by atoms with Crippen LogP contribution >= 0.6 is 0 Å². The van der Waals surface area contributed by atoms with Crippen molar-refractivity contribution in [2.75, 3.05) is 42.9 Å². The molecule has 1 aliphatic carbocycles. The predicted octanol–water partition coefficient (Wildman–Crippen LogP) is 6.59. The van der Waals surface area contributed by atoms with Gasteiger partial charge in [0.2, 0.25) is 17.6 Å². The van der Waals surface area contributed by atoms with E-state index in [2.05, 4.69) is 65.7 Å². The summed E-state index contributed by atoms with van der Waals surface area (Å²) in [4.78, 5) is 56.3. The number of carbonyl (C=O) groups is 4. The maximum absolute atomic E-state index is 13.9. The largest absolute Gasteiger partial charge is 0.444 e. The lowest BCUT2D eigenvalue weighted by Gasteiger charge is -2.36. The number of alkyl carbamates (subject to hydrolysis) is 1. The number of aromatic nitrogens is 4. The van der Waals surface area contributed by atoms with E-state index in [9.17, 15) is 19.2 Å². The highest BCUT2D eigenvalue weighted by atomic mass is 16.6. The average molecular weight is 808 g/mol. The van der Waals surface area contributed by atoms with Gasteiger partial charge in [-0.1, -0.05) is 36.4 Å². The number of ether oxygens (including phenoxy) is 2. The third-order valence-electron chi connectivity index (χ3n) is 10.4. The number of carbonyl (C=O) groups excluding carboxylic acids is 4. The summed E-state index contributed by atoms with van der Waals surface area (Å²) in [5.41, 5.74) is 4.30. The summed E-state index contributed by atoms with van der Waals surface area (Å²) in [6.45, 7) is 14.2. The molecule has 1 saturated heterocycles. The van der Waals surface area contributed by atoms with Gasteiger partial charge in [-0.25, -0.2) is 9.59 Å². The van der Waals surface area contributed by atoms with E-state index in [1.54, 1.807) is 29.2 Å². The van der Waals surface area contributed by atoms with Crippen molar-refractivity contribution in [2.45, 2.75) is 90.9 Å². The van der Waals surface area contributed by atoms with Crippen LogP contribution in [0.3, 0.4) is 0 Å². The van der Waals surface area contributed by atoms with E-state index in [1.165, 1.54) is 0 Å². The van der Waals surface area contributed by atoms with E-state index in [-0.39, 0.29) is 29.7 Å². The number of nitrogens with one attached hydrogen (secondary N) is 4. The van der Waals surface area contributed by atoms with Crippen molar-refractivity contribution in [1.29, 1.82) is 0 Å². The molecule has 6 rings (SSSR count). The van der Waals surface area contributed by atoms with Gasteiger partial charge in [-0.2, -0.15) is 5.21 Å². The molecule has 2 heterocycles. The van der Waals surface area contributed by atoms with Crippen molar-refractivity contribution in [3.8, 4) is 22.5 Å². The Morgan fingerprint density at radius 2 is 1.36 bits per heavy atom. The zero-order valence-electron chi connectivity index (χ0n) is 34.9. The maximum Gasteiger partial charge on any atom is 0.410 e. The minimum Gasteiger partial charge on any atom is -0.444 e. The topological polar surface area (TPSA) is 184 Å². The van der Waals surface area contributed by atoms with Gasteiger partial charge in [0.25, 0.3) is 0 Å². The SMILES string of the molecule is CC(C)(C)OC(=O)NCC1CCC(C(=O)N[C@@H](Cc2ccc(-c3ccc(N4CCN(C(=O)OC(C)(C)C)CC4)cc3)cc2)C(=O)Nc2ccc(-c3nn[nH]n3)cc2)CC1. The smallest absolute Gasteiger partial charge is 0.410 e. The zero-order chi connectivity index (χ0) is 42.2. The lowest BCUT2D eigenvalue weighted by molar-refractivity contribution is -0.130. The first-order valence-corrected chi connectivity index (χ1v) is 20.4. The fourth-order valence-electron chi connectivity index (χ4n) is 7.29. The summed E-state index contributed by atoms with van der Waals surface area (Å²) in [7, 11) is 0. The van der Waals surface area contributed by atoms with Gasteiger partial charge in [0.15, 0.2) is 0 Å². The molecule has 1 aliphatic heterocycles. The second-order valence-electron chi connectivity index (χ2n) is 17.4. The molecule has 2 aliphatic rings. The molecule has 1 aromatic heterocycles. The Hall–Kier alpha value is -5.99. The van der Waals surface area contributed by atoms with Crippen LogP contribution in [0, 0.1) is 11.8 Å². The van der Waals surface area contributed by atoms with Gasteiger partial charge in [0.05, 0.1) is 0 Å². The summed E-state index contributed by atoms with van der Waals surface area (Å²) >= 11 is 0. The van der Waals surface area contributed by atoms with E-state index >= 15 is 0 Å². The first kappa shape index (κ1) is 42.6. The Balaban J connectivity index is 1.07. The van der Waals surface area contributed by atoms with Gasteiger partial charge in [0, 0.05) is 62.0 Å². The average Bonchev–Trinajstić information content (AvgIpc) is 3.75. The van der Waals surface area contributed by atoms with Crippen molar-refractivity contribution >= 4 is 35.4 Å². The molecule has 1 saturated carbocycles. The lowest BCUT2D eigenvalue weighted by Crippen LogP contribution is -2.50. The van der Waals surface area contributed by atoms with Crippen molar-refractivity contribution in [3.05, 3.63) is 78.4 Å². The number of rotatable bonds is 11. The standard InChI is InChI=1S/C44H57N9O6/c1-43(2,3)58-41(56)45-28-30-9-13-34(14-10-30)39(54)47-37(40(55)46-35-19-15-33(16-20-35)38-48-50-51-49-38)27-29-7-11-31(12-8-29)32-17-21-36(22-18-32)52-23-25-53(26-24-52)42(57)59-44(4,5)6/h7-8,11-12,15-22,30,34,37H,9-10,13-14,23-28H2,1-6H3,(H,45,56)(H,46,55)(H,47,54)(H,48,49,50,51)/t30?,34?,37-/m0/s1. The van der Waals surface area contributed by atoms with Crippen LogP contribution in [-0.2, 0) is 25.5 Å². The Labute approximate surface area is 346 Å². The number of amides is 4. The highest BCUT2D eigenvalue weighted by molar-refractivity contribution is 5.97. The summed E-state index contributed by atoms with van der Waals surface area (Å²) in [5.74, 6) is -0.0292. The van der Waals surface area contributed by atoms with Crippen molar-refractivity contribution < 1.29 is 28.7 Å². The van der Waals surface area contributed by atoms with Crippen molar-refractivity contribution in [3.63, 3.8) is 0 Å². The lowest BCUT2D eigenvalue weighted by atomic mass is 9.81. The molecule has 2 fully saturated rings. The molecular formula is C44H57N9O6. The molecule has 1 atom stereocenters. The van der Waals surface area contributed by atoms with E-state index < -0.39 is 23.3 Å². The van der Waals surface area contributed by atoms with Crippen LogP contribution < -0.4 is 20.9 Å². The van der Waals surface area contributed by atoms with Gasteiger partial charge in [-0.15, -0.1) is 10.2 Å². The van der Waals surface area contributed by atoms with Gasteiger partial charge >= 0.3 is 12.2 Å². The van der Waals surface area contributed by atoms with E-state index in [4.69, 9.17) is 9.47 Å². The normalized spacial score (nSPS) is 17.7. The fraction of sp³-hybridized carbons (Fsp3) is 0.477. The van der Waals surface area contributed by atoms with Crippen molar-refractivity contribution in [2.24, 2.45) is 11.8 Å². The molecule has 4 amide bonds. The highest BCUT2D eigenvalue weighted by Crippen LogP contribution is 2.30. The summed E-state index contributed by atoms with van der Waals surface area (Å²) in [6.07, 6.45) is 2.47. The quantitative estimate of drug-likeness (QED) is 0.129. The molecule has 0 radical (unpaired) electrons. The molecule has 0 unspecified atom stereocenters. The number of aromatic amines is 1. The van der Waals surface area contributed by atoms with Crippen LogP contribution in [0.15, 0.2) is 72.8 Å². The molecule has 0 bridgehead atoms. The van der Waals surface area contributed by atoms with Crippen LogP contribution in [0.5, 0.6) is 0 Å². The van der Waals surface area contributed by atoms with Crippen LogP contribution in [0.25, 0.3) is 22.5 Å². The first-order chi connectivity index (χ1) is 28.1. The zero-order valence-corrected chi connectivity index (χ0v) is 34.9. The molecule has 15 nitrogen and oxygen atoms in total. The molecule has 3 aromatic carbocycles. The second kappa shape index (κ2) is 18.7. The van der Waals surface area contributed by atoms with Crippen LogP contribution in [-0.4, -0.2) is 99.5 Å². The number of H-pyrrole nitrogens is 1. The second-order valence-corrected chi connectivity index (χ2v) is 17.4. The molecule has 4 N–H and O–H groups in total. The molecule has 15 heteroatoms. The Morgan fingerprint density at radius 1 is 0.763 bits per heavy atom. The number of benzene rings is 3. The van der Waals surface area contributed by atoms with Gasteiger partial charge in [-0.05, 0) is 131 Å². The number of hydrogen-bond acceptors (Lipinski definition) is 10. The molecular weight excluding hydrogens is 751 g/mol. The van der Waals surface area contributed by atoms with Gasteiger partial charge < -0.3 is 35.2 Å². The predicted molar refractivity (Wildman–Crippen MR) is 225 cm³/mol. The Kier molecular flexibility index (Phi) is 13.5. The van der Waals surface area contributed by atoms with Crippen molar-refractivity contribution in [1.82, 2.24) is 36.2 Å². The van der Waals surface area contributed by atoms with Gasteiger partial charge in [-0.3, -0.25) is 9.59 Å². The van der Waals surface area contributed by atoms with E-state index in [0.29, 0.717) is 50.4 Å². The fourth-order valence-corrected chi connectivity index (χ4v) is 7.29. The minimum absolute atomic E-state index is 0.154. The number of hydrogen-bond donors (Lipinski definition) is 4. The van der Waals surface area contributed by atoms with Crippen LogP contribution in [0.4, 0.5) is 21.0 Å². The van der Waals surface area contributed by atoms with Gasteiger partial charge in [0.1, 0.15) is 17.2 Å². The van der Waals surface area contributed by atoms with E-state index in [1.807, 2.05) is 65.8 Å². The van der Waals surface area contributed by atoms with E-state index in [0.717, 1.165) is 53.9 Å². The number of nitrogens with zero attached hydrogens (tertiary/aromatic N) is 5. The van der Waals surface area contributed by atoms with Crippen LogP contribution in [0.2, 0.25) is 0 Å². The Bertz CT molecular complexity index is 2010. The number of piperazine rings is 1. The van der Waals surface area contributed by atoms with Crippen LogP contribution in [0.1, 0.15) is 72.8 Å². The number of anilines is 2. The highest BCUT2D eigenvalue weighted by Gasteiger charge is 2.31. The molecule has 59 heavy (non-hydrogen) atoms. The first-order valence-electron chi connectivity index (χ1n) is 20.4. The summed E-state index contributed by atoms with van der Waals surface area (Å²) in [5, 5.41) is 23.0. The third kappa shape index (κ3) is 12.5. The number of tetrazole rings is 1. The molecule has 0 spiro atoms. The monoisotopic (exact) mass is 807 g/mol. The maximum atomic E-state index is 13.9. The molecule has 4 aromatic rings. The minimum atomic E-state index is -0.827.